The average Bonchev–Trinajstić information content (AvgIpc) is 2.71. The molecule has 2 N–H and O–H groups in total. The third kappa shape index (κ3) is 1.14. The molecule has 0 aromatic carbocycles. The number of oxazole rings is 1. The van der Waals surface area contributed by atoms with E-state index in [0.717, 1.165) is 0 Å². The second-order valence-electron chi connectivity index (χ2n) is 2.32. The highest BCUT2D eigenvalue weighted by atomic mass is 16.4. The molecule has 0 saturated heterocycles. The highest BCUT2D eigenvalue weighted by Gasteiger charge is 2.12. The van der Waals surface area contributed by atoms with E-state index in [1.54, 1.807) is 18.2 Å². The third-order valence-electron chi connectivity index (χ3n) is 1.49. The fraction of sp³-hybridized carbons (Fsp3) is 0. The van der Waals surface area contributed by atoms with Crippen LogP contribution in [0.5, 0.6) is 0 Å². The SMILES string of the molecule is N#Cc1nc(-c2ccco2)oc1N. The molecule has 5 nitrogen and oxygen atoms in total. The Balaban J connectivity index is 2.50. The average molecular weight is 175 g/mol. The summed E-state index contributed by atoms with van der Waals surface area (Å²) in [4.78, 5) is 3.82. The summed E-state index contributed by atoms with van der Waals surface area (Å²) in [7, 11) is 0. The molecular weight excluding hydrogens is 170 g/mol. The maximum absolute atomic E-state index is 8.55. The Morgan fingerprint density at radius 3 is 2.92 bits per heavy atom. The summed E-state index contributed by atoms with van der Waals surface area (Å²) in [6, 6.07) is 5.18. The molecule has 0 bridgehead atoms. The Bertz CT molecular complexity index is 450. The standard InChI is InChI=1S/C8H5N3O2/c9-4-5-7(10)13-8(11-5)6-2-1-3-12-6/h1-3H,10H2. The number of nitrogen functional groups attached to an aromatic ring is 1. The van der Waals surface area contributed by atoms with Crippen LogP contribution in [0.1, 0.15) is 5.69 Å². The van der Waals surface area contributed by atoms with Gasteiger partial charge in [-0.05, 0) is 12.1 Å². The van der Waals surface area contributed by atoms with Gasteiger partial charge < -0.3 is 14.6 Å². The Morgan fingerprint density at radius 2 is 2.38 bits per heavy atom. The van der Waals surface area contributed by atoms with Crippen molar-refractivity contribution in [2.45, 2.75) is 0 Å². The van der Waals surface area contributed by atoms with Crippen LogP contribution in [-0.4, -0.2) is 4.98 Å². The van der Waals surface area contributed by atoms with Crippen molar-refractivity contribution in [1.29, 1.82) is 5.26 Å². The van der Waals surface area contributed by atoms with Gasteiger partial charge in [-0.2, -0.15) is 10.2 Å². The van der Waals surface area contributed by atoms with Crippen LogP contribution in [0, 0.1) is 11.3 Å². The molecule has 2 rings (SSSR count). The lowest BCUT2D eigenvalue weighted by molar-refractivity contribution is 0.526. The highest BCUT2D eigenvalue weighted by molar-refractivity contribution is 5.51. The molecule has 2 aromatic rings. The molecule has 13 heavy (non-hydrogen) atoms. The Hall–Kier alpha value is -2.22. The molecule has 0 radical (unpaired) electrons. The van der Waals surface area contributed by atoms with Gasteiger partial charge in [0.1, 0.15) is 6.07 Å². The van der Waals surface area contributed by atoms with Crippen LogP contribution in [-0.2, 0) is 0 Å². The van der Waals surface area contributed by atoms with Crippen molar-refractivity contribution < 1.29 is 8.83 Å². The van der Waals surface area contributed by atoms with Crippen LogP contribution in [0.3, 0.4) is 0 Å². The van der Waals surface area contributed by atoms with Gasteiger partial charge in [0.25, 0.3) is 5.89 Å². The number of hydrogen-bond donors (Lipinski definition) is 1. The lowest BCUT2D eigenvalue weighted by Gasteiger charge is -1.84. The van der Waals surface area contributed by atoms with Gasteiger partial charge in [0.15, 0.2) is 5.76 Å². The van der Waals surface area contributed by atoms with Crippen molar-refractivity contribution in [1.82, 2.24) is 4.98 Å². The summed E-state index contributed by atoms with van der Waals surface area (Å²) in [5.41, 5.74) is 5.44. The maximum atomic E-state index is 8.55. The van der Waals surface area contributed by atoms with E-state index in [4.69, 9.17) is 19.8 Å². The third-order valence-corrected chi connectivity index (χ3v) is 1.49. The van der Waals surface area contributed by atoms with Crippen LogP contribution >= 0.6 is 0 Å². The second-order valence-corrected chi connectivity index (χ2v) is 2.32. The molecule has 0 aliphatic carbocycles. The summed E-state index contributed by atoms with van der Waals surface area (Å²) in [6.45, 7) is 0. The van der Waals surface area contributed by atoms with Crippen LogP contribution in [0.15, 0.2) is 27.2 Å². The van der Waals surface area contributed by atoms with Gasteiger partial charge >= 0.3 is 0 Å². The molecule has 64 valence electrons. The zero-order valence-electron chi connectivity index (χ0n) is 6.52. The molecule has 0 aliphatic rings. The lowest BCUT2D eigenvalue weighted by Crippen LogP contribution is -1.83. The largest absolute Gasteiger partial charge is 0.459 e. The molecule has 2 aromatic heterocycles. The molecular formula is C8H5N3O2. The van der Waals surface area contributed by atoms with Crippen molar-refractivity contribution in [2.75, 3.05) is 5.73 Å². The number of furan rings is 1. The number of nitriles is 1. The highest BCUT2D eigenvalue weighted by Crippen LogP contribution is 2.22. The number of rotatable bonds is 1. The van der Waals surface area contributed by atoms with Crippen molar-refractivity contribution in [2.24, 2.45) is 0 Å². The van der Waals surface area contributed by atoms with Gasteiger partial charge in [-0.15, -0.1) is 0 Å². The molecule has 0 spiro atoms. The number of nitrogens with two attached hydrogens (primary N) is 1. The predicted molar refractivity (Wildman–Crippen MR) is 43.3 cm³/mol. The molecule has 0 fully saturated rings. The van der Waals surface area contributed by atoms with E-state index in [0.29, 0.717) is 5.76 Å². The van der Waals surface area contributed by atoms with E-state index in [-0.39, 0.29) is 17.5 Å². The Kier molecular flexibility index (Phi) is 1.53. The zero-order valence-corrected chi connectivity index (χ0v) is 6.52. The van der Waals surface area contributed by atoms with E-state index in [1.807, 2.05) is 0 Å². The van der Waals surface area contributed by atoms with E-state index < -0.39 is 0 Å². The van der Waals surface area contributed by atoms with E-state index >= 15 is 0 Å². The van der Waals surface area contributed by atoms with Gasteiger partial charge in [-0.25, -0.2) is 0 Å². The first-order valence-corrected chi connectivity index (χ1v) is 3.51. The minimum atomic E-state index is 0.00824. The lowest BCUT2D eigenvalue weighted by atomic mass is 10.4. The van der Waals surface area contributed by atoms with Crippen LogP contribution < -0.4 is 5.73 Å². The first kappa shape index (κ1) is 7.43. The van der Waals surface area contributed by atoms with Crippen molar-refractivity contribution in [3.05, 3.63) is 24.1 Å². The number of anilines is 1. The Labute approximate surface area is 73.4 Å². The molecule has 0 saturated carbocycles. The summed E-state index contributed by atoms with van der Waals surface area (Å²) in [5, 5.41) is 8.55. The van der Waals surface area contributed by atoms with E-state index in [2.05, 4.69) is 4.98 Å². The predicted octanol–water partition coefficient (Wildman–Crippen LogP) is 1.39. The number of aromatic nitrogens is 1. The van der Waals surface area contributed by atoms with Crippen molar-refractivity contribution >= 4 is 5.88 Å². The van der Waals surface area contributed by atoms with Crippen LogP contribution in [0.2, 0.25) is 0 Å². The molecule has 0 unspecified atom stereocenters. The molecule has 0 atom stereocenters. The fourth-order valence-electron chi connectivity index (χ4n) is 0.918. The number of hydrogen-bond acceptors (Lipinski definition) is 5. The summed E-state index contributed by atoms with van der Waals surface area (Å²) in [6.07, 6.45) is 1.49. The minimum absolute atomic E-state index is 0.00824. The first-order chi connectivity index (χ1) is 6.31. The molecule has 5 heteroatoms. The topological polar surface area (TPSA) is 89.0 Å². The Morgan fingerprint density at radius 1 is 1.54 bits per heavy atom. The first-order valence-electron chi connectivity index (χ1n) is 3.51. The second kappa shape index (κ2) is 2.68. The van der Waals surface area contributed by atoms with Crippen molar-refractivity contribution in [3.8, 4) is 17.7 Å². The maximum Gasteiger partial charge on any atom is 0.266 e. The fourth-order valence-corrected chi connectivity index (χ4v) is 0.918. The van der Waals surface area contributed by atoms with Gasteiger partial charge in [-0.1, -0.05) is 0 Å². The van der Waals surface area contributed by atoms with E-state index in [1.165, 1.54) is 6.26 Å². The summed E-state index contributed by atoms with van der Waals surface area (Å²) < 4.78 is 10.0. The van der Waals surface area contributed by atoms with Gasteiger partial charge in [0, 0.05) is 0 Å². The normalized spacial score (nSPS) is 9.77. The quantitative estimate of drug-likeness (QED) is 0.707. The number of nitrogens with zero attached hydrogens (tertiary/aromatic N) is 2. The van der Waals surface area contributed by atoms with Crippen LogP contribution in [0.4, 0.5) is 5.88 Å². The monoisotopic (exact) mass is 175 g/mol. The summed E-state index contributed by atoms with van der Waals surface area (Å²) in [5.74, 6) is 0.682. The van der Waals surface area contributed by atoms with Gasteiger partial charge in [0.05, 0.1) is 6.26 Å². The van der Waals surface area contributed by atoms with E-state index in [9.17, 15) is 0 Å². The van der Waals surface area contributed by atoms with Crippen molar-refractivity contribution in [3.63, 3.8) is 0 Å². The van der Waals surface area contributed by atoms with Gasteiger partial charge in [0.2, 0.25) is 11.6 Å². The molecule has 0 amide bonds. The molecule has 0 aliphatic heterocycles. The zero-order chi connectivity index (χ0) is 9.26. The summed E-state index contributed by atoms with van der Waals surface area (Å²) >= 11 is 0. The smallest absolute Gasteiger partial charge is 0.266 e. The van der Waals surface area contributed by atoms with Gasteiger partial charge in [-0.3, -0.25) is 0 Å². The minimum Gasteiger partial charge on any atom is -0.459 e. The molecule has 2 heterocycles. The van der Waals surface area contributed by atoms with Crippen LogP contribution in [0.25, 0.3) is 11.7 Å².